The van der Waals surface area contributed by atoms with E-state index >= 15 is 0 Å². The van der Waals surface area contributed by atoms with Crippen LogP contribution in [0.3, 0.4) is 0 Å². The van der Waals surface area contributed by atoms with Crippen LogP contribution in [-0.4, -0.2) is 6.54 Å². The summed E-state index contributed by atoms with van der Waals surface area (Å²) in [6.45, 7) is 2.03. The van der Waals surface area contributed by atoms with Crippen LogP contribution < -0.4 is 5.32 Å². The van der Waals surface area contributed by atoms with E-state index in [0.29, 0.717) is 0 Å². The predicted octanol–water partition coefficient (Wildman–Crippen LogP) is 3.62. The van der Waals surface area contributed by atoms with Gasteiger partial charge in [0.25, 0.3) is 0 Å². The molecule has 1 aliphatic carbocycles. The SMILES string of the molecule is N#Cc1ccc(CNCCC2CCCCC2)cc1. The van der Waals surface area contributed by atoms with E-state index in [2.05, 4.69) is 11.4 Å². The van der Waals surface area contributed by atoms with Crippen LogP contribution in [0.5, 0.6) is 0 Å². The first-order valence-electron chi connectivity index (χ1n) is 7.08. The average molecular weight is 242 g/mol. The number of hydrogen-bond donors (Lipinski definition) is 1. The Balaban J connectivity index is 1.63. The van der Waals surface area contributed by atoms with E-state index in [1.807, 2.05) is 24.3 Å². The van der Waals surface area contributed by atoms with E-state index in [0.717, 1.165) is 24.6 Å². The standard InChI is InChI=1S/C16H22N2/c17-12-15-6-8-16(9-7-15)13-18-11-10-14-4-2-1-3-5-14/h6-9,14,18H,1-5,10-11,13H2. The van der Waals surface area contributed by atoms with Gasteiger partial charge in [0.15, 0.2) is 0 Å². The first-order chi connectivity index (χ1) is 8.88. The maximum absolute atomic E-state index is 8.72. The summed E-state index contributed by atoms with van der Waals surface area (Å²) in [5.41, 5.74) is 2.00. The summed E-state index contributed by atoms with van der Waals surface area (Å²) in [6.07, 6.45) is 8.48. The zero-order valence-electron chi connectivity index (χ0n) is 11.0. The van der Waals surface area contributed by atoms with Crippen LogP contribution in [0, 0.1) is 17.2 Å². The van der Waals surface area contributed by atoms with Gasteiger partial charge >= 0.3 is 0 Å². The molecule has 0 saturated heterocycles. The molecule has 0 heterocycles. The van der Waals surface area contributed by atoms with Gasteiger partial charge in [0.1, 0.15) is 0 Å². The van der Waals surface area contributed by atoms with Crippen LogP contribution in [0.1, 0.15) is 49.7 Å². The molecule has 0 atom stereocenters. The predicted molar refractivity (Wildman–Crippen MR) is 74.1 cm³/mol. The molecule has 2 nitrogen and oxygen atoms in total. The molecule has 0 radical (unpaired) electrons. The smallest absolute Gasteiger partial charge is 0.0991 e. The van der Waals surface area contributed by atoms with Crippen LogP contribution >= 0.6 is 0 Å². The maximum Gasteiger partial charge on any atom is 0.0991 e. The third kappa shape index (κ3) is 4.16. The van der Waals surface area contributed by atoms with Crippen LogP contribution in [0.25, 0.3) is 0 Å². The molecule has 18 heavy (non-hydrogen) atoms. The third-order valence-electron chi connectivity index (χ3n) is 3.87. The minimum atomic E-state index is 0.737. The molecule has 1 aromatic rings. The molecule has 2 rings (SSSR count). The monoisotopic (exact) mass is 242 g/mol. The van der Waals surface area contributed by atoms with Gasteiger partial charge in [0, 0.05) is 6.54 Å². The summed E-state index contributed by atoms with van der Waals surface area (Å²) in [5.74, 6) is 0.951. The number of nitriles is 1. The van der Waals surface area contributed by atoms with E-state index in [-0.39, 0.29) is 0 Å². The van der Waals surface area contributed by atoms with Crippen molar-refractivity contribution in [2.45, 2.75) is 45.1 Å². The highest BCUT2D eigenvalue weighted by Crippen LogP contribution is 2.25. The fraction of sp³-hybridized carbons (Fsp3) is 0.562. The van der Waals surface area contributed by atoms with Crippen molar-refractivity contribution in [1.29, 1.82) is 5.26 Å². The zero-order chi connectivity index (χ0) is 12.6. The summed E-state index contributed by atoms with van der Waals surface area (Å²) in [4.78, 5) is 0. The first-order valence-corrected chi connectivity index (χ1v) is 7.08. The molecule has 1 aliphatic rings. The summed E-state index contributed by atoms with van der Waals surface area (Å²) in [7, 11) is 0. The highest BCUT2D eigenvalue weighted by Gasteiger charge is 2.12. The largest absolute Gasteiger partial charge is 0.313 e. The van der Waals surface area contributed by atoms with Crippen molar-refractivity contribution in [3.05, 3.63) is 35.4 Å². The van der Waals surface area contributed by atoms with Gasteiger partial charge in [-0.25, -0.2) is 0 Å². The molecule has 0 unspecified atom stereocenters. The van der Waals surface area contributed by atoms with Gasteiger partial charge in [0.05, 0.1) is 11.6 Å². The number of nitrogens with one attached hydrogen (secondary N) is 1. The normalized spacial score (nSPS) is 16.4. The lowest BCUT2D eigenvalue weighted by atomic mass is 9.87. The molecule has 1 saturated carbocycles. The molecule has 96 valence electrons. The Morgan fingerprint density at radius 2 is 1.83 bits per heavy atom. The van der Waals surface area contributed by atoms with E-state index in [9.17, 15) is 0 Å². The highest BCUT2D eigenvalue weighted by atomic mass is 14.8. The first kappa shape index (κ1) is 13.1. The third-order valence-corrected chi connectivity index (χ3v) is 3.87. The maximum atomic E-state index is 8.72. The van der Waals surface area contributed by atoms with Gasteiger partial charge in [-0.15, -0.1) is 0 Å². The van der Waals surface area contributed by atoms with Crippen LogP contribution in [0.2, 0.25) is 0 Å². The molecule has 1 aromatic carbocycles. The van der Waals surface area contributed by atoms with E-state index < -0.39 is 0 Å². The van der Waals surface area contributed by atoms with Crippen molar-refractivity contribution in [1.82, 2.24) is 5.32 Å². The summed E-state index contributed by atoms with van der Waals surface area (Å²) in [5, 5.41) is 12.2. The molecular formula is C16H22N2. The Morgan fingerprint density at radius 1 is 1.11 bits per heavy atom. The minimum absolute atomic E-state index is 0.737. The fourth-order valence-electron chi connectivity index (χ4n) is 2.71. The van der Waals surface area contributed by atoms with Gasteiger partial charge in [-0.3, -0.25) is 0 Å². The van der Waals surface area contributed by atoms with Crippen molar-refractivity contribution in [2.24, 2.45) is 5.92 Å². The summed E-state index contributed by atoms with van der Waals surface area (Å²) in [6, 6.07) is 9.99. The number of hydrogen-bond acceptors (Lipinski definition) is 2. The molecule has 1 fully saturated rings. The second kappa shape index (κ2) is 7.18. The molecule has 0 bridgehead atoms. The van der Waals surface area contributed by atoms with Gasteiger partial charge in [-0.1, -0.05) is 44.2 Å². The second-order valence-corrected chi connectivity index (χ2v) is 5.28. The van der Waals surface area contributed by atoms with Crippen molar-refractivity contribution in [3.8, 4) is 6.07 Å². The summed E-state index contributed by atoms with van der Waals surface area (Å²) < 4.78 is 0. The molecule has 0 aliphatic heterocycles. The van der Waals surface area contributed by atoms with Crippen molar-refractivity contribution >= 4 is 0 Å². The fourth-order valence-corrected chi connectivity index (χ4v) is 2.71. The topological polar surface area (TPSA) is 35.8 Å². The molecular weight excluding hydrogens is 220 g/mol. The minimum Gasteiger partial charge on any atom is -0.313 e. The average Bonchev–Trinajstić information content (AvgIpc) is 2.45. The number of rotatable bonds is 5. The lowest BCUT2D eigenvalue weighted by molar-refractivity contribution is 0.334. The highest BCUT2D eigenvalue weighted by molar-refractivity contribution is 5.31. The molecule has 0 aromatic heterocycles. The Bertz CT molecular complexity index is 383. The Hall–Kier alpha value is -1.33. The lowest BCUT2D eigenvalue weighted by Gasteiger charge is -2.21. The summed E-state index contributed by atoms with van der Waals surface area (Å²) >= 11 is 0. The van der Waals surface area contributed by atoms with Gasteiger partial charge in [0.2, 0.25) is 0 Å². The van der Waals surface area contributed by atoms with E-state index in [1.54, 1.807) is 0 Å². The molecule has 1 N–H and O–H groups in total. The Labute approximate surface area is 110 Å². The molecule has 0 spiro atoms. The van der Waals surface area contributed by atoms with Crippen LogP contribution in [0.4, 0.5) is 0 Å². The van der Waals surface area contributed by atoms with Crippen molar-refractivity contribution in [3.63, 3.8) is 0 Å². The Morgan fingerprint density at radius 3 is 2.50 bits per heavy atom. The lowest BCUT2D eigenvalue weighted by Crippen LogP contribution is -2.19. The van der Waals surface area contributed by atoms with Gasteiger partial charge in [-0.05, 0) is 36.6 Å². The number of benzene rings is 1. The quantitative estimate of drug-likeness (QED) is 0.800. The van der Waals surface area contributed by atoms with Gasteiger partial charge in [-0.2, -0.15) is 5.26 Å². The van der Waals surface area contributed by atoms with Crippen molar-refractivity contribution in [2.75, 3.05) is 6.54 Å². The van der Waals surface area contributed by atoms with Crippen LogP contribution in [0.15, 0.2) is 24.3 Å². The second-order valence-electron chi connectivity index (χ2n) is 5.28. The Kier molecular flexibility index (Phi) is 5.23. The number of nitrogens with zero attached hydrogens (tertiary/aromatic N) is 1. The van der Waals surface area contributed by atoms with Crippen molar-refractivity contribution < 1.29 is 0 Å². The van der Waals surface area contributed by atoms with E-state index in [4.69, 9.17) is 5.26 Å². The molecule has 2 heteroatoms. The molecule has 0 amide bonds. The van der Waals surface area contributed by atoms with E-state index in [1.165, 1.54) is 44.1 Å². The van der Waals surface area contributed by atoms with Gasteiger partial charge < -0.3 is 5.32 Å². The van der Waals surface area contributed by atoms with Crippen LogP contribution in [-0.2, 0) is 6.54 Å². The zero-order valence-corrected chi connectivity index (χ0v) is 11.0.